The number of carbonyl (C=O) groups is 1. The molecule has 7 heteroatoms. The van der Waals surface area contributed by atoms with Gasteiger partial charge in [-0.3, -0.25) is 4.79 Å². The molecule has 2 aromatic carbocycles. The fraction of sp³-hybridized carbons (Fsp3) is 0.519. The minimum atomic E-state index is -2.04. The van der Waals surface area contributed by atoms with E-state index in [0.717, 1.165) is 22.6 Å². The largest absolute Gasteiger partial charge is 0.543 e. The third kappa shape index (κ3) is 5.55. The van der Waals surface area contributed by atoms with Crippen molar-refractivity contribution in [3.05, 3.63) is 52.5 Å². The van der Waals surface area contributed by atoms with Crippen molar-refractivity contribution < 1.29 is 23.4 Å². The van der Waals surface area contributed by atoms with Crippen LogP contribution >= 0.6 is 11.6 Å². The fourth-order valence-corrected chi connectivity index (χ4v) is 10.7. The number of rotatable bonds is 10. The van der Waals surface area contributed by atoms with Gasteiger partial charge in [0, 0.05) is 23.1 Å². The molecule has 0 saturated carbocycles. The van der Waals surface area contributed by atoms with Crippen LogP contribution in [0.3, 0.4) is 0 Å². The average molecular weight is 505 g/mol. The number of halogens is 1. The summed E-state index contributed by atoms with van der Waals surface area (Å²) in [7, 11) is -0.641. The number of carbonyl (C=O) groups excluding carboxylic acids is 1. The van der Waals surface area contributed by atoms with Gasteiger partial charge in [-0.05, 0) is 34.8 Å². The molecule has 1 aliphatic rings. The van der Waals surface area contributed by atoms with E-state index in [2.05, 4.69) is 41.5 Å². The van der Waals surface area contributed by atoms with E-state index >= 15 is 0 Å². The first kappa shape index (κ1) is 26.4. The molecule has 186 valence electrons. The zero-order valence-electron chi connectivity index (χ0n) is 21.3. The van der Waals surface area contributed by atoms with Crippen molar-refractivity contribution in [3.63, 3.8) is 0 Å². The molecule has 0 aromatic heterocycles. The van der Waals surface area contributed by atoms with Crippen molar-refractivity contribution in [3.8, 4) is 17.2 Å². The maximum atomic E-state index is 11.6. The molecule has 3 rings (SSSR count). The predicted octanol–water partition coefficient (Wildman–Crippen LogP) is 7.51. The number of ether oxygens (including phenoxy) is 3. The van der Waals surface area contributed by atoms with Crippen molar-refractivity contribution in [2.45, 2.75) is 77.1 Å². The standard InChI is InChI=1S/C27H37ClO5Si/c1-17(2)34(18(3)4,19(5)6)33-23-9-8-20(25(28)13-23)15-31-22-10-11-24-21(12-27(29)30-7)16-32-26(24)14-22/h8-11,13-14,17-19,21H,12,15-16H2,1-7H3. The van der Waals surface area contributed by atoms with E-state index in [9.17, 15) is 4.79 Å². The summed E-state index contributed by atoms with van der Waals surface area (Å²) >= 11 is 6.63. The summed E-state index contributed by atoms with van der Waals surface area (Å²) in [5, 5.41) is 0.632. The topological polar surface area (TPSA) is 54.0 Å². The molecule has 34 heavy (non-hydrogen) atoms. The number of benzene rings is 2. The van der Waals surface area contributed by atoms with Gasteiger partial charge in [-0.1, -0.05) is 65.3 Å². The van der Waals surface area contributed by atoms with Crippen molar-refractivity contribution in [2.75, 3.05) is 13.7 Å². The highest BCUT2D eigenvalue weighted by Crippen LogP contribution is 2.43. The van der Waals surface area contributed by atoms with Crippen LogP contribution in [0.4, 0.5) is 0 Å². The number of methoxy groups -OCH3 is 1. The summed E-state index contributed by atoms with van der Waals surface area (Å²) in [6.07, 6.45) is 0.308. The van der Waals surface area contributed by atoms with Gasteiger partial charge in [0.15, 0.2) is 0 Å². The summed E-state index contributed by atoms with van der Waals surface area (Å²) in [6.45, 7) is 14.4. The minimum Gasteiger partial charge on any atom is -0.543 e. The Labute approximate surface area is 209 Å². The zero-order valence-corrected chi connectivity index (χ0v) is 23.1. The Hall–Kier alpha value is -2.18. The normalized spacial score (nSPS) is 15.4. The molecule has 0 N–H and O–H groups in total. The van der Waals surface area contributed by atoms with E-state index in [-0.39, 0.29) is 11.9 Å². The first-order valence-corrected chi connectivity index (χ1v) is 14.5. The van der Waals surface area contributed by atoms with E-state index in [1.165, 1.54) is 7.11 Å². The molecule has 0 radical (unpaired) electrons. The summed E-state index contributed by atoms with van der Waals surface area (Å²) in [4.78, 5) is 11.6. The smallest absolute Gasteiger partial charge is 0.306 e. The molecule has 1 atom stereocenters. The second-order valence-corrected chi connectivity index (χ2v) is 15.7. The Morgan fingerprint density at radius 1 is 1.03 bits per heavy atom. The molecular weight excluding hydrogens is 468 g/mol. The van der Waals surface area contributed by atoms with Crippen LogP contribution in [0.15, 0.2) is 36.4 Å². The van der Waals surface area contributed by atoms with Crippen LogP contribution in [-0.4, -0.2) is 28.0 Å². The molecule has 0 aliphatic carbocycles. The van der Waals surface area contributed by atoms with E-state index in [4.69, 9.17) is 30.2 Å². The summed E-state index contributed by atoms with van der Waals surface area (Å²) in [6, 6.07) is 11.6. The summed E-state index contributed by atoms with van der Waals surface area (Å²) < 4.78 is 23.3. The molecule has 2 aromatic rings. The Bertz CT molecular complexity index is 983. The molecule has 1 heterocycles. The molecule has 0 bridgehead atoms. The number of hydrogen-bond donors (Lipinski definition) is 0. The molecule has 0 fully saturated rings. The lowest BCUT2D eigenvalue weighted by Gasteiger charge is -2.42. The molecule has 0 amide bonds. The van der Waals surface area contributed by atoms with Gasteiger partial charge < -0.3 is 18.6 Å². The maximum absolute atomic E-state index is 11.6. The Balaban J connectivity index is 1.68. The van der Waals surface area contributed by atoms with Crippen molar-refractivity contribution in [1.29, 1.82) is 0 Å². The molecule has 1 aliphatic heterocycles. The molecule has 0 saturated heterocycles. The molecular formula is C27H37ClO5Si. The number of fused-ring (bicyclic) bond motifs is 1. The highest BCUT2D eigenvalue weighted by Gasteiger charge is 2.47. The second-order valence-electron chi connectivity index (χ2n) is 9.95. The van der Waals surface area contributed by atoms with Gasteiger partial charge in [-0.25, -0.2) is 0 Å². The third-order valence-corrected chi connectivity index (χ3v) is 13.3. The second kappa shape index (κ2) is 11.0. The van der Waals surface area contributed by atoms with E-state index in [1.54, 1.807) is 0 Å². The first-order valence-electron chi connectivity index (χ1n) is 12.0. The van der Waals surface area contributed by atoms with Gasteiger partial charge >= 0.3 is 5.97 Å². The van der Waals surface area contributed by atoms with Gasteiger partial charge in [0.25, 0.3) is 8.32 Å². The molecule has 5 nitrogen and oxygen atoms in total. The zero-order chi connectivity index (χ0) is 25.0. The van der Waals surface area contributed by atoms with Gasteiger partial charge in [0.05, 0.1) is 25.2 Å². The maximum Gasteiger partial charge on any atom is 0.306 e. The molecule has 1 unspecified atom stereocenters. The number of hydrogen-bond acceptors (Lipinski definition) is 5. The first-order chi connectivity index (χ1) is 16.1. The van der Waals surface area contributed by atoms with Gasteiger partial charge in [0.2, 0.25) is 0 Å². The highest BCUT2D eigenvalue weighted by atomic mass is 35.5. The lowest BCUT2D eigenvalue weighted by molar-refractivity contribution is -0.141. The fourth-order valence-electron chi connectivity index (χ4n) is 5.23. The van der Waals surface area contributed by atoms with E-state index in [0.29, 0.717) is 47.0 Å². The monoisotopic (exact) mass is 504 g/mol. The SMILES string of the molecule is COC(=O)CC1COc2cc(OCc3ccc(O[Si](C(C)C)(C(C)C)C(C)C)cc3Cl)ccc21. The Morgan fingerprint density at radius 2 is 1.68 bits per heavy atom. The van der Waals surface area contributed by atoms with Gasteiger partial charge in [-0.2, -0.15) is 0 Å². The van der Waals surface area contributed by atoms with Crippen LogP contribution in [0.5, 0.6) is 17.2 Å². The Kier molecular flexibility index (Phi) is 8.58. The summed E-state index contributed by atoms with van der Waals surface area (Å²) in [5.74, 6) is 2.05. The van der Waals surface area contributed by atoms with Crippen molar-refractivity contribution >= 4 is 25.9 Å². The van der Waals surface area contributed by atoms with Crippen LogP contribution in [0, 0.1) is 0 Å². The lowest BCUT2D eigenvalue weighted by atomic mass is 9.98. The average Bonchev–Trinajstić information content (AvgIpc) is 3.17. The van der Waals surface area contributed by atoms with Crippen LogP contribution in [0.2, 0.25) is 21.6 Å². The minimum absolute atomic E-state index is 0.0108. The highest BCUT2D eigenvalue weighted by molar-refractivity contribution is 6.78. The number of esters is 1. The van der Waals surface area contributed by atoms with Gasteiger partial charge in [-0.15, -0.1) is 0 Å². The van der Waals surface area contributed by atoms with Crippen molar-refractivity contribution in [1.82, 2.24) is 0 Å². The quantitative estimate of drug-likeness (QED) is 0.247. The van der Waals surface area contributed by atoms with Crippen LogP contribution in [0.1, 0.15) is 65.0 Å². The third-order valence-electron chi connectivity index (χ3n) is 6.93. The Morgan fingerprint density at radius 3 is 2.26 bits per heavy atom. The predicted molar refractivity (Wildman–Crippen MR) is 139 cm³/mol. The van der Waals surface area contributed by atoms with E-state index < -0.39 is 8.32 Å². The van der Waals surface area contributed by atoms with Crippen LogP contribution in [-0.2, 0) is 16.1 Å². The van der Waals surface area contributed by atoms with Crippen LogP contribution in [0.25, 0.3) is 0 Å². The van der Waals surface area contributed by atoms with Gasteiger partial charge in [0.1, 0.15) is 23.9 Å². The summed E-state index contributed by atoms with van der Waals surface area (Å²) in [5.41, 5.74) is 3.37. The van der Waals surface area contributed by atoms with Crippen LogP contribution < -0.4 is 13.9 Å². The molecule has 0 spiro atoms. The van der Waals surface area contributed by atoms with Crippen molar-refractivity contribution in [2.24, 2.45) is 0 Å². The van der Waals surface area contributed by atoms with E-state index in [1.807, 2.05) is 36.4 Å². The lowest BCUT2D eigenvalue weighted by Crippen LogP contribution is -2.50.